The van der Waals surface area contributed by atoms with Crippen LogP contribution in [-0.2, 0) is 22.6 Å². The lowest BCUT2D eigenvalue weighted by molar-refractivity contribution is 0.128. The van der Waals surface area contributed by atoms with Crippen molar-refractivity contribution < 1.29 is 9.47 Å². The van der Waals surface area contributed by atoms with E-state index in [0.717, 1.165) is 32.1 Å². The summed E-state index contributed by atoms with van der Waals surface area (Å²) in [5, 5.41) is 6.58. The highest BCUT2D eigenvalue weighted by Crippen LogP contribution is 2.11. The molecule has 5 nitrogen and oxygen atoms in total. The van der Waals surface area contributed by atoms with E-state index in [9.17, 15) is 0 Å². The van der Waals surface area contributed by atoms with E-state index in [2.05, 4.69) is 48.5 Å². The van der Waals surface area contributed by atoms with Gasteiger partial charge in [0.1, 0.15) is 0 Å². The van der Waals surface area contributed by atoms with Crippen molar-refractivity contribution in [1.29, 1.82) is 0 Å². The van der Waals surface area contributed by atoms with Gasteiger partial charge in [-0.1, -0.05) is 38.1 Å². The Morgan fingerprint density at radius 2 is 1.88 bits per heavy atom. The summed E-state index contributed by atoms with van der Waals surface area (Å²) in [7, 11) is 1.71. The highest BCUT2D eigenvalue weighted by atomic mass is 16.5. The van der Waals surface area contributed by atoms with Gasteiger partial charge >= 0.3 is 0 Å². The Morgan fingerprint density at radius 3 is 2.54 bits per heavy atom. The van der Waals surface area contributed by atoms with E-state index in [-0.39, 0.29) is 0 Å². The van der Waals surface area contributed by atoms with Crippen LogP contribution in [0.5, 0.6) is 0 Å². The summed E-state index contributed by atoms with van der Waals surface area (Å²) in [6.45, 7) is 10.8. The molecular formula is C19H33N3O2. The normalized spacial score (nSPS) is 11.8. The molecule has 0 aliphatic rings. The summed E-state index contributed by atoms with van der Waals surface area (Å²) in [6, 6.07) is 8.24. The van der Waals surface area contributed by atoms with Gasteiger partial charge < -0.3 is 20.1 Å². The molecule has 1 aromatic rings. The molecule has 1 aromatic carbocycles. The number of methoxy groups -OCH3 is 1. The molecule has 2 N–H and O–H groups in total. The first kappa shape index (κ1) is 20.5. The average Bonchev–Trinajstić information content (AvgIpc) is 2.56. The van der Waals surface area contributed by atoms with Gasteiger partial charge in [0.25, 0.3) is 0 Å². The number of nitrogens with one attached hydrogen (secondary N) is 2. The van der Waals surface area contributed by atoms with Crippen LogP contribution in [-0.4, -0.2) is 39.4 Å². The first-order valence-electron chi connectivity index (χ1n) is 8.83. The van der Waals surface area contributed by atoms with Crippen LogP contribution in [0.25, 0.3) is 0 Å². The van der Waals surface area contributed by atoms with Crippen molar-refractivity contribution in [3.05, 3.63) is 35.4 Å². The molecule has 136 valence electrons. The molecule has 0 fully saturated rings. The van der Waals surface area contributed by atoms with Crippen molar-refractivity contribution in [3.8, 4) is 0 Å². The third kappa shape index (κ3) is 8.89. The van der Waals surface area contributed by atoms with E-state index in [0.29, 0.717) is 25.7 Å². The summed E-state index contributed by atoms with van der Waals surface area (Å²) in [4.78, 5) is 4.66. The van der Waals surface area contributed by atoms with E-state index < -0.39 is 0 Å². The molecule has 0 aliphatic carbocycles. The summed E-state index contributed by atoms with van der Waals surface area (Å²) in [5.74, 6) is 1.50. The third-order valence-corrected chi connectivity index (χ3v) is 3.55. The molecule has 0 atom stereocenters. The lowest BCUT2D eigenvalue weighted by Gasteiger charge is -2.13. The predicted molar refractivity (Wildman–Crippen MR) is 100 cm³/mol. The van der Waals surface area contributed by atoms with Gasteiger partial charge in [-0.05, 0) is 30.4 Å². The molecule has 0 saturated carbocycles. The first-order valence-corrected chi connectivity index (χ1v) is 8.83. The largest absolute Gasteiger partial charge is 0.380 e. The molecule has 0 amide bonds. The topological polar surface area (TPSA) is 54.9 Å². The van der Waals surface area contributed by atoms with Crippen LogP contribution < -0.4 is 10.6 Å². The van der Waals surface area contributed by atoms with Crippen molar-refractivity contribution in [2.45, 2.75) is 40.3 Å². The zero-order chi connectivity index (χ0) is 17.6. The van der Waals surface area contributed by atoms with Gasteiger partial charge in [0.05, 0.1) is 19.8 Å². The molecule has 0 aliphatic heterocycles. The smallest absolute Gasteiger partial charge is 0.191 e. The molecule has 0 bridgehead atoms. The van der Waals surface area contributed by atoms with Gasteiger partial charge in [-0.25, -0.2) is 4.99 Å². The quantitative estimate of drug-likeness (QED) is 0.371. The van der Waals surface area contributed by atoms with Crippen LogP contribution >= 0.6 is 0 Å². The minimum atomic E-state index is 0.610. The summed E-state index contributed by atoms with van der Waals surface area (Å²) >= 11 is 0. The van der Waals surface area contributed by atoms with Gasteiger partial charge in [0.2, 0.25) is 0 Å². The summed E-state index contributed by atoms with van der Waals surface area (Å²) < 4.78 is 10.9. The average molecular weight is 335 g/mol. The Morgan fingerprint density at radius 1 is 1.12 bits per heavy atom. The maximum Gasteiger partial charge on any atom is 0.191 e. The Balaban J connectivity index is 2.45. The second kappa shape index (κ2) is 12.8. The second-order valence-electron chi connectivity index (χ2n) is 6.12. The maximum atomic E-state index is 5.63. The molecule has 0 spiro atoms. The predicted octanol–water partition coefficient (Wildman–Crippen LogP) is 2.95. The monoisotopic (exact) mass is 335 g/mol. The van der Waals surface area contributed by atoms with Gasteiger partial charge in [0.15, 0.2) is 5.96 Å². The van der Waals surface area contributed by atoms with E-state index in [1.54, 1.807) is 7.11 Å². The number of nitrogens with zero attached hydrogens (tertiary/aromatic N) is 1. The van der Waals surface area contributed by atoms with E-state index in [4.69, 9.17) is 9.47 Å². The molecule has 24 heavy (non-hydrogen) atoms. The van der Waals surface area contributed by atoms with Crippen LogP contribution in [0, 0.1) is 5.92 Å². The first-order chi connectivity index (χ1) is 11.7. The molecule has 1 rings (SSSR count). The van der Waals surface area contributed by atoms with Crippen LogP contribution in [0.15, 0.2) is 29.3 Å². The zero-order valence-electron chi connectivity index (χ0n) is 15.6. The highest BCUT2D eigenvalue weighted by molar-refractivity contribution is 5.79. The minimum absolute atomic E-state index is 0.610. The number of guanidine groups is 1. The van der Waals surface area contributed by atoms with Crippen LogP contribution in [0.1, 0.15) is 38.3 Å². The SMILES string of the molecule is CCNC(=NCc1ccccc1COC)NCCOCCC(C)C. The minimum Gasteiger partial charge on any atom is -0.380 e. The molecule has 5 heteroatoms. The second-order valence-corrected chi connectivity index (χ2v) is 6.12. The fourth-order valence-electron chi connectivity index (χ4n) is 2.18. The van der Waals surface area contributed by atoms with Crippen molar-refractivity contribution in [1.82, 2.24) is 10.6 Å². The molecule has 0 saturated heterocycles. The molecule has 0 heterocycles. The van der Waals surface area contributed by atoms with E-state index in [1.807, 2.05) is 12.1 Å². The number of aliphatic imine (C=N–C) groups is 1. The number of benzene rings is 1. The van der Waals surface area contributed by atoms with Gasteiger partial charge in [-0.2, -0.15) is 0 Å². The Labute approximate surface area is 146 Å². The Hall–Kier alpha value is -1.59. The van der Waals surface area contributed by atoms with Crippen LogP contribution in [0.2, 0.25) is 0 Å². The fourth-order valence-corrected chi connectivity index (χ4v) is 2.18. The Kier molecular flexibility index (Phi) is 10.9. The lowest BCUT2D eigenvalue weighted by Crippen LogP contribution is -2.39. The van der Waals surface area contributed by atoms with Crippen molar-refractivity contribution in [2.24, 2.45) is 10.9 Å². The number of hydrogen-bond donors (Lipinski definition) is 2. The third-order valence-electron chi connectivity index (χ3n) is 3.55. The molecular weight excluding hydrogens is 302 g/mol. The number of rotatable bonds is 11. The van der Waals surface area contributed by atoms with Crippen molar-refractivity contribution >= 4 is 5.96 Å². The van der Waals surface area contributed by atoms with E-state index >= 15 is 0 Å². The standard InChI is InChI=1S/C19H33N3O2/c1-5-20-19(21-11-13-24-12-10-16(2)3)22-14-17-8-6-7-9-18(17)15-23-4/h6-9,16H,5,10-15H2,1-4H3,(H2,20,21,22). The molecule has 0 radical (unpaired) electrons. The van der Waals surface area contributed by atoms with Crippen molar-refractivity contribution in [2.75, 3.05) is 33.4 Å². The van der Waals surface area contributed by atoms with Gasteiger partial charge in [0, 0.05) is 26.8 Å². The van der Waals surface area contributed by atoms with Crippen LogP contribution in [0.4, 0.5) is 0 Å². The molecule has 0 unspecified atom stereocenters. The summed E-state index contributed by atoms with van der Waals surface area (Å²) in [6.07, 6.45) is 1.10. The number of hydrogen-bond acceptors (Lipinski definition) is 3. The molecule has 0 aromatic heterocycles. The maximum absolute atomic E-state index is 5.63. The fraction of sp³-hybridized carbons (Fsp3) is 0.632. The zero-order valence-corrected chi connectivity index (χ0v) is 15.6. The van der Waals surface area contributed by atoms with Gasteiger partial charge in [-0.3, -0.25) is 0 Å². The van der Waals surface area contributed by atoms with E-state index in [1.165, 1.54) is 11.1 Å². The van der Waals surface area contributed by atoms with Crippen molar-refractivity contribution in [3.63, 3.8) is 0 Å². The van der Waals surface area contributed by atoms with Crippen LogP contribution in [0.3, 0.4) is 0 Å². The van der Waals surface area contributed by atoms with Gasteiger partial charge in [-0.15, -0.1) is 0 Å². The highest BCUT2D eigenvalue weighted by Gasteiger charge is 2.02. The number of ether oxygens (including phenoxy) is 2. The summed E-state index contributed by atoms with van der Waals surface area (Å²) in [5.41, 5.74) is 2.36. The Bertz CT molecular complexity index is 475. The lowest BCUT2D eigenvalue weighted by atomic mass is 10.1.